The Bertz CT molecular complexity index is 766. The van der Waals surface area contributed by atoms with Gasteiger partial charge in [0, 0.05) is 11.8 Å². The predicted octanol–water partition coefficient (Wildman–Crippen LogP) is 4.17. The lowest BCUT2D eigenvalue weighted by molar-refractivity contribution is -0.122. The van der Waals surface area contributed by atoms with Crippen molar-refractivity contribution in [3.8, 4) is 17.2 Å². The van der Waals surface area contributed by atoms with E-state index >= 15 is 0 Å². The van der Waals surface area contributed by atoms with Gasteiger partial charge in [0.2, 0.25) is 0 Å². The van der Waals surface area contributed by atoms with Crippen LogP contribution in [0.5, 0.6) is 17.2 Å². The molecule has 1 aliphatic heterocycles. The van der Waals surface area contributed by atoms with Crippen molar-refractivity contribution in [2.45, 2.75) is 13.0 Å². The first-order valence-corrected chi connectivity index (χ1v) is 8.11. The third kappa shape index (κ3) is 3.68. The molecule has 0 radical (unpaired) electrons. The van der Waals surface area contributed by atoms with E-state index in [1.165, 1.54) is 0 Å². The van der Waals surface area contributed by atoms with Crippen LogP contribution in [0.4, 0.5) is 5.69 Å². The first-order valence-electron chi connectivity index (χ1n) is 7.36. The second-order valence-corrected chi connectivity index (χ2v) is 5.94. The van der Waals surface area contributed by atoms with Gasteiger partial charge < -0.3 is 19.5 Å². The molecule has 1 aliphatic rings. The molecule has 5 nitrogen and oxygen atoms in total. The fraction of sp³-hybridized carbons (Fsp3) is 0.235. The summed E-state index contributed by atoms with van der Waals surface area (Å²) in [6, 6.07) is 10.2. The van der Waals surface area contributed by atoms with Crippen LogP contribution < -0.4 is 19.5 Å². The summed E-state index contributed by atoms with van der Waals surface area (Å²) >= 11 is 12.0. The quantitative estimate of drug-likeness (QED) is 0.880. The van der Waals surface area contributed by atoms with Crippen molar-refractivity contribution in [2.24, 2.45) is 0 Å². The Morgan fingerprint density at radius 3 is 2.71 bits per heavy atom. The van der Waals surface area contributed by atoms with Crippen molar-refractivity contribution in [1.82, 2.24) is 0 Å². The minimum absolute atomic E-state index is 0.276. The van der Waals surface area contributed by atoms with Crippen LogP contribution in [0, 0.1) is 0 Å². The Labute approximate surface area is 149 Å². The van der Waals surface area contributed by atoms with Crippen molar-refractivity contribution in [3.63, 3.8) is 0 Å². The predicted molar refractivity (Wildman–Crippen MR) is 92.6 cm³/mol. The molecule has 24 heavy (non-hydrogen) atoms. The highest BCUT2D eigenvalue weighted by Gasteiger charge is 2.18. The zero-order valence-electron chi connectivity index (χ0n) is 12.8. The van der Waals surface area contributed by atoms with E-state index in [1.54, 1.807) is 43.3 Å². The van der Waals surface area contributed by atoms with E-state index in [2.05, 4.69) is 5.32 Å². The number of anilines is 1. The third-order valence-corrected chi connectivity index (χ3v) is 4.20. The topological polar surface area (TPSA) is 56.8 Å². The average molecular weight is 368 g/mol. The molecule has 0 saturated heterocycles. The lowest BCUT2D eigenvalue weighted by Crippen LogP contribution is -2.30. The van der Waals surface area contributed by atoms with E-state index in [1.807, 2.05) is 0 Å². The highest BCUT2D eigenvalue weighted by molar-refractivity contribution is 6.42. The van der Waals surface area contributed by atoms with Gasteiger partial charge >= 0.3 is 0 Å². The van der Waals surface area contributed by atoms with Gasteiger partial charge in [-0.15, -0.1) is 0 Å². The number of carbonyl (C=O) groups excluding carboxylic acids is 1. The first kappa shape index (κ1) is 16.7. The van der Waals surface area contributed by atoms with Crippen LogP contribution >= 0.6 is 23.2 Å². The highest BCUT2D eigenvalue weighted by atomic mass is 35.5. The molecule has 0 saturated carbocycles. The number of benzene rings is 2. The van der Waals surface area contributed by atoms with Gasteiger partial charge in [0.1, 0.15) is 24.0 Å². The summed E-state index contributed by atoms with van der Waals surface area (Å²) in [6.45, 7) is 2.63. The molecule has 3 rings (SSSR count). The van der Waals surface area contributed by atoms with E-state index in [-0.39, 0.29) is 10.9 Å². The monoisotopic (exact) mass is 367 g/mol. The van der Waals surface area contributed by atoms with Gasteiger partial charge in [0.15, 0.2) is 17.6 Å². The van der Waals surface area contributed by atoms with Crippen LogP contribution in [0.3, 0.4) is 0 Å². The summed E-state index contributed by atoms with van der Waals surface area (Å²) in [5.41, 5.74) is 0.594. The molecule has 0 bridgehead atoms. The summed E-state index contributed by atoms with van der Waals surface area (Å²) in [6.07, 6.45) is -0.755. The van der Waals surface area contributed by atoms with Crippen molar-refractivity contribution in [1.29, 1.82) is 0 Å². The molecule has 2 aromatic rings. The van der Waals surface area contributed by atoms with Crippen LogP contribution in [0.1, 0.15) is 6.92 Å². The summed E-state index contributed by atoms with van der Waals surface area (Å²) in [5.74, 6) is 1.30. The van der Waals surface area contributed by atoms with Gasteiger partial charge in [0.25, 0.3) is 5.91 Å². The molecule has 2 aromatic carbocycles. The Hall–Kier alpha value is -2.11. The van der Waals surface area contributed by atoms with Gasteiger partial charge in [-0.2, -0.15) is 0 Å². The number of fused-ring (bicyclic) bond motifs is 1. The molecule has 1 heterocycles. The minimum Gasteiger partial charge on any atom is -0.486 e. The SMILES string of the molecule is CC(Oc1cccc(Cl)c1Cl)C(=O)Nc1ccc2c(c1)OCCO2. The third-order valence-electron chi connectivity index (χ3n) is 3.40. The van der Waals surface area contributed by atoms with Crippen LogP contribution in [-0.4, -0.2) is 25.2 Å². The fourth-order valence-corrected chi connectivity index (χ4v) is 2.52. The van der Waals surface area contributed by atoms with Crippen molar-refractivity contribution >= 4 is 34.8 Å². The van der Waals surface area contributed by atoms with Crippen LogP contribution in [0.15, 0.2) is 36.4 Å². The number of halogens is 2. The standard InChI is InChI=1S/C17H15Cl2NO4/c1-10(24-14-4-2-3-12(18)16(14)19)17(21)20-11-5-6-13-15(9-11)23-8-7-22-13/h2-6,9-10H,7-8H2,1H3,(H,20,21). The molecule has 1 amide bonds. The molecule has 1 unspecified atom stereocenters. The normalized spacial score (nSPS) is 14.0. The largest absolute Gasteiger partial charge is 0.486 e. The maximum atomic E-state index is 12.3. The molecular weight excluding hydrogens is 353 g/mol. The first-order chi connectivity index (χ1) is 11.5. The highest BCUT2D eigenvalue weighted by Crippen LogP contribution is 2.33. The van der Waals surface area contributed by atoms with E-state index in [0.29, 0.717) is 41.2 Å². The Morgan fingerprint density at radius 2 is 1.92 bits per heavy atom. The van der Waals surface area contributed by atoms with E-state index < -0.39 is 6.10 Å². The number of carbonyl (C=O) groups is 1. The molecule has 126 valence electrons. The zero-order valence-corrected chi connectivity index (χ0v) is 14.4. The molecule has 0 aromatic heterocycles. The van der Waals surface area contributed by atoms with Gasteiger partial charge in [-0.05, 0) is 31.2 Å². The van der Waals surface area contributed by atoms with Crippen molar-refractivity contribution < 1.29 is 19.0 Å². The van der Waals surface area contributed by atoms with E-state index in [9.17, 15) is 4.79 Å². The summed E-state index contributed by atoms with van der Waals surface area (Å²) in [7, 11) is 0. The fourth-order valence-electron chi connectivity index (χ4n) is 2.18. The lowest BCUT2D eigenvalue weighted by atomic mass is 10.2. The second-order valence-electron chi connectivity index (χ2n) is 5.16. The Morgan fingerprint density at radius 1 is 1.17 bits per heavy atom. The summed E-state index contributed by atoms with van der Waals surface area (Å²) in [4.78, 5) is 12.3. The lowest BCUT2D eigenvalue weighted by Gasteiger charge is -2.20. The molecule has 1 atom stereocenters. The van der Waals surface area contributed by atoms with Crippen molar-refractivity contribution in [3.05, 3.63) is 46.4 Å². The molecule has 1 N–H and O–H groups in total. The maximum absolute atomic E-state index is 12.3. The number of nitrogens with one attached hydrogen (secondary N) is 1. The number of ether oxygens (including phenoxy) is 3. The maximum Gasteiger partial charge on any atom is 0.265 e. The van der Waals surface area contributed by atoms with Crippen LogP contribution in [0.25, 0.3) is 0 Å². The van der Waals surface area contributed by atoms with Crippen LogP contribution in [-0.2, 0) is 4.79 Å². The van der Waals surface area contributed by atoms with Gasteiger partial charge in [-0.3, -0.25) is 4.79 Å². The zero-order chi connectivity index (χ0) is 17.1. The molecular formula is C17H15Cl2NO4. The summed E-state index contributed by atoms with van der Waals surface area (Å²) in [5, 5.41) is 3.42. The van der Waals surface area contributed by atoms with Crippen molar-refractivity contribution in [2.75, 3.05) is 18.5 Å². The molecule has 0 fully saturated rings. The smallest absolute Gasteiger partial charge is 0.265 e. The van der Waals surface area contributed by atoms with E-state index in [4.69, 9.17) is 37.4 Å². The minimum atomic E-state index is -0.755. The van der Waals surface area contributed by atoms with Crippen LogP contribution in [0.2, 0.25) is 10.0 Å². The Kier molecular flexibility index (Phi) is 5.02. The number of rotatable bonds is 4. The van der Waals surface area contributed by atoms with Gasteiger partial charge in [-0.1, -0.05) is 29.3 Å². The number of hydrogen-bond donors (Lipinski definition) is 1. The van der Waals surface area contributed by atoms with Gasteiger partial charge in [-0.25, -0.2) is 0 Å². The summed E-state index contributed by atoms with van der Waals surface area (Å²) < 4.78 is 16.5. The average Bonchev–Trinajstić information content (AvgIpc) is 2.58. The molecule has 0 spiro atoms. The molecule has 7 heteroatoms. The number of hydrogen-bond acceptors (Lipinski definition) is 4. The van der Waals surface area contributed by atoms with E-state index in [0.717, 1.165) is 0 Å². The van der Waals surface area contributed by atoms with Gasteiger partial charge in [0.05, 0.1) is 5.02 Å². The second kappa shape index (κ2) is 7.20. The number of amides is 1. The molecule has 0 aliphatic carbocycles. The Balaban J connectivity index is 1.67.